The number of benzene rings is 1. The van der Waals surface area contributed by atoms with E-state index in [1.165, 1.54) is 16.6 Å². The highest BCUT2D eigenvalue weighted by atomic mass is 35.5. The molecule has 0 amide bonds. The van der Waals surface area contributed by atoms with Crippen LogP contribution in [0.15, 0.2) is 24.3 Å². The van der Waals surface area contributed by atoms with Gasteiger partial charge in [-0.3, -0.25) is 0 Å². The summed E-state index contributed by atoms with van der Waals surface area (Å²) in [6.07, 6.45) is 0.917. The van der Waals surface area contributed by atoms with Gasteiger partial charge in [0, 0.05) is 22.8 Å². The summed E-state index contributed by atoms with van der Waals surface area (Å²) in [7, 11) is 0. The van der Waals surface area contributed by atoms with Crippen molar-refractivity contribution >= 4 is 22.5 Å². The molecule has 2 rings (SSSR count). The Hall–Kier alpha value is -0.990. The summed E-state index contributed by atoms with van der Waals surface area (Å²) in [6.45, 7) is 3.78. The average Bonchev–Trinajstić information content (AvgIpc) is 2.55. The van der Waals surface area contributed by atoms with Crippen molar-refractivity contribution in [3.63, 3.8) is 0 Å². The Balaban J connectivity index is 2.63. The second-order valence-corrected chi connectivity index (χ2v) is 4.06. The molecule has 15 heavy (non-hydrogen) atoms. The molecule has 0 radical (unpaired) electrons. The smallest absolute Gasteiger partial charge is 0.0497 e. The molecule has 0 spiro atoms. The molecule has 2 N–H and O–H groups in total. The van der Waals surface area contributed by atoms with Crippen LogP contribution in [-0.4, -0.2) is 11.1 Å². The maximum Gasteiger partial charge on any atom is 0.0497 e. The van der Waals surface area contributed by atoms with Crippen molar-refractivity contribution in [2.45, 2.75) is 19.9 Å². The highest BCUT2D eigenvalue weighted by Gasteiger charge is 2.06. The Kier molecular flexibility index (Phi) is 2.98. The molecule has 0 saturated carbocycles. The first-order valence-electron chi connectivity index (χ1n) is 5.24. The van der Waals surface area contributed by atoms with Crippen molar-refractivity contribution in [1.82, 2.24) is 4.57 Å². The molecule has 0 saturated heterocycles. The zero-order valence-electron chi connectivity index (χ0n) is 8.83. The van der Waals surface area contributed by atoms with Gasteiger partial charge in [0.25, 0.3) is 0 Å². The van der Waals surface area contributed by atoms with E-state index < -0.39 is 0 Å². The van der Waals surface area contributed by atoms with Crippen LogP contribution in [0, 0.1) is 0 Å². The number of rotatable bonds is 3. The monoisotopic (exact) mass is 222 g/mol. The lowest BCUT2D eigenvalue weighted by molar-refractivity contribution is 0.732. The molecule has 0 aliphatic carbocycles. The Morgan fingerprint density at radius 2 is 2.13 bits per heavy atom. The van der Waals surface area contributed by atoms with Crippen LogP contribution in [0.5, 0.6) is 0 Å². The van der Waals surface area contributed by atoms with Gasteiger partial charge in [-0.25, -0.2) is 0 Å². The molecule has 3 heteroatoms. The summed E-state index contributed by atoms with van der Waals surface area (Å²) < 4.78 is 2.27. The van der Waals surface area contributed by atoms with Gasteiger partial charge in [-0.15, -0.1) is 0 Å². The maximum absolute atomic E-state index is 6.00. The van der Waals surface area contributed by atoms with Gasteiger partial charge < -0.3 is 10.3 Å². The summed E-state index contributed by atoms with van der Waals surface area (Å²) in [5.74, 6) is 0. The Labute approximate surface area is 94.6 Å². The van der Waals surface area contributed by atoms with Gasteiger partial charge in [-0.05, 0) is 43.5 Å². The van der Waals surface area contributed by atoms with Crippen LogP contribution < -0.4 is 5.73 Å². The summed E-state index contributed by atoms with van der Waals surface area (Å²) in [4.78, 5) is 0. The van der Waals surface area contributed by atoms with Crippen molar-refractivity contribution in [3.8, 4) is 0 Å². The van der Waals surface area contributed by atoms with Gasteiger partial charge in [-0.2, -0.15) is 0 Å². The topological polar surface area (TPSA) is 30.9 Å². The van der Waals surface area contributed by atoms with Crippen LogP contribution in [0.4, 0.5) is 0 Å². The SMILES string of the molecule is CCn1c(CCN)cc2ccc(Cl)cc21. The van der Waals surface area contributed by atoms with Crippen molar-refractivity contribution in [3.05, 3.63) is 35.0 Å². The minimum atomic E-state index is 0.685. The standard InChI is InChI=1S/C12H15ClN2/c1-2-15-11(5-6-14)7-9-3-4-10(13)8-12(9)15/h3-4,7-8H,2,5-6,14H2,1H3. The van der Waals surface area contributed by atoms with Gasteiger partial charge in [0.2, 0.25) is 0 Å². The minimum absolute atomic E-state index is 0.685. The molecular formula is C12H15ClN2. The number of fused-ring (bicyclic) bond motifs is 1. The molecule has 0 fully saturated rings. The lowest BCUT2D eigenvalue weighted by Crippen LogP contribution is -2.07. The van der Waals surface area contributed by atoms with Gasteiger partial charge in [0.05, 0.1) is 0 Å². The molecule has 1 aromatic carbocycles. The Morgan fingerprint density at radius 3 is 2.80 bits per heavy atom. The molecule has 0 atom stereocenters. The van der Waals surface area contributed by atoms with Crippen molar-refractivity contribution in [1.29, 1.82) is 0 Å². The predicted molar refractivity (Wildman–Crippen MR) is 65.4 cm³/mol. The van der Waals surface area contributed by atoms with Gasteiger partial charge >= 0.3 is 0 Å². The lowest BCUT2D eigenvalue weighted by atomic mass is 10.2. The van der Waals surface area contributed by atoms with Crippen LogP contribution in [0.25, 0.3) is 10.9 Å². The fourth-order valence-electron chi connectivity index (χ4n) is 2.01. The number of hydrogen-bond acceptors (Lipinski definition) is 1. The molecule has 0 aliphatic rings. The number of halogens is 1. The summed E-state index contributed by atoms with van der Waals surface area (Å²) in [5.41, 5.74) is 8.09. The third-order valence-corrected chi connectivity index (χ3v) is 2.90. The second-order valence-electron chi connectivity index (χ2n) is 3.62. The quantitative estimate of drug-likeness (QED) is 0.851. The lowest BCUT2D eigenvalue weighted by Gasteiger charge is -2.06. The van der Waals surface area contributed by atoms with E-state index in [1.54, 1.807) is 0 Å². The number of nitrogens with zero attached hydrogens (tertiary/aromatic N) is 1. The number of aromatic nitrogens is 1. The van der Waals surface area contributed by atoms with Gasteiger partial charge in [0.15, 0.2) is 0 Å². The molecule has 0 aliphatic heterocycles. The molecule has 0 unspecified atom stereocenters. The van der Waals surface area contributed by atoms with E-state index in [1.807, 2.05) is 12.1 Å². The Bertz CT molecular complexity index is 474. The highest BCUT2D eigenvalue weighted by molar-refractivity contribution is 6.31. The van der Waals surface area contributed by atoms with E-state index in [4.69, 9.17) is 17.3 Å². The average molecular weight is 223 g/mol. The first-order chi connectivity index (χ1) is 7.26. The van der Waals surface area contributed by atoms with Crippen LogP contribution in [0.2, 0.25) is 5.02 Å². The highest BCUT2D eigenvalue weighted by Crippen LogP contribution is 2.23. The largest absolute Gasteiger partial charge is 0.345 e. The van der Waals surface area contributed by atoms with Crippen LogP contribution in [-0.2, 0) is 13.0 Å². The van der Waals surface area contributed by atoms with Crippen LogP contribution in [0.1, 0.15) is 12.6 Å². The molecule has 2 nitrogen and oxygen atoms in total. The Morgan fingerprint density at radius 1 is 1.33 bits per heavy atom. The summed E-state index contributed by atoms with van der Waals surface area (Å²) in [5, 5.41) is 2.03. The maximum atomic E-state index is 6.00. The normalized spacial score (nSPS) is 11.1. The summed E-state index contributed by atoms with van der Waals surface area (Å²) in [6, 6.07) is 8.20. The van der Waals surface area contributed by atoms with Crippen molar-refractivity contribution < 1.29 is 0 Å². The fraction of sp³-hybridized carbons (Fsp3) is 0.333. The van der Waals surface area contributed by atoms with E-state index in [9.17, 15) is 0 Å². The molecule has 80 valence electrons. The zero-order chi connectivity index (χ0) is 10.8. The van der Waals surface area contributed by atoms with Crippen molar-refractivity contribution in [2.75, 3.05) is 6.54 Å². The van der Waals surface area contributed by atoms with Crippen LogP contribution >= 0.6 is 11.6 Å². The third kappa shape index (κ3) is 1.87. The molecule has 1 aromatic heterocycles. The fourth-order valence-corrected chi connectivity index (χ4v) is 2.18. The molecule has 1 heterocycles. The van der Waals surface area contributed by atoms with Crippen LogP contribution in [0.3, 0.4) is 0 Å². The number of hydrogen-bond donors (Lipinski definition) is 1. The van der Waals surface area contributed by atoms with Crippen molar-refractivity contribution in [2.24, 2.45) is 5.73 Å². The molecular weight excluding hydrogens is 208 g/mol. The minimum Gasteiger partial charge on any atom is -0.345 e. The van der Waals surface area contributed by atoms with E-state index in [2.05, 4.69) is 23.6 Å². The van der Waals surface area contributed by atoms with Gasteiger partial charge in [-0.1, -0.05) is 17.7 Å². The zero-order valence-corrected chi connectivity index (χ0v) is 9.59. The summed E-state index contributed by atoms with van der Waals surface area (Å²) >= 11 is 6.00. The first kappa shape index (κ1) is 10.5. The van der Waals surface area contributed by atoms with E-state index in [0.717, 1.165) is 18.0 Å². The first-order valence-corrected chi connectivity index (χ1v) is 5.61. The second kappa shape index (κ2) is 4.25. The van der Waals surface area contributed by atoms with E-state index in [0.29, 0.717) is 6.54 Å². The number of nitrogens with two attached hydrogens (primary N) is 1. The third-order valence-electron chi connectivity index (χ3n) is 2.67. The predicted octanol–water partition coefficient (Wildman–Crippen LogP) is 2.82. The van der Waals surface area contributed by atoms with E-state index >= 15 is 0 Å². The molecule has 0 bridgehead atoms. The van der Waals surface area contributed by atoms with Gasteiger partial charge in [0.1, 0.15) is 0 Å². The molecule has 2 aromatic rings. The number of aryl methyl sites for hydroxylation is 1. The van der Waals surface area contributed by atoms with E-state index in [-0.39, 0.29) is 0 Å².